The Hall–Kier alpha value is -1.55. The Morgan fingerprint density at radius 3 is 3.11 bits per heavy atom. The van der Waals surface area contributed by atoms with Crippen molar-refractivity contribution >= 4 is 17.3 Å². The van der Waals surface area contributed by atoms with Gasteiger partial charge in [-0.25, -0.2) is 0 Å². The fraction of sp³-hybridized carbons (Fsp3) is 0.500. The number of amides is 1. The van der Waals surface area contributed by atoms with E-state index in [4.69, 9.17) is 4.74 Å². The van der Waals surface area contributed by atoms with E-state index in [0.29, 0.717) is 0 Å². The van der Waals surface area contributed by atoms with Crippen LogP contribution in [-0.2, 0) is 16.0 Å². The SMILES string of the molecule is CC(C)OCC(=O)Nc1cccc2c1NCCC2. The second-order valence-electron chi connectivity index (χ2n) is 4.78. The van der Waals surface area contributed by atoms with Gasteiger partial charge in [0.25, 0.3) is 0 Å². The maximum absolute atomic E-state index is 11.7. The number of carbonyl (C=O) groups is 1. The van der Waals surface area contributed by atoms with Crippen LogP contribution in [0.1, 0.15) is 25.8 Å². The first-order chi connectivity index (χ1) is 8.66. The number of para-hydroxylation sites is 1. The highest BCUT2D eigenvalue weighted by Gasteiger charge is 2.14. The first kappa shape index (κ1) is 12.9. The van der Waals surface area contributed by atoms with E-state index < -0.39 is 0 Å². The van der Waals surface area contributed by atoms with Crippen LogP contribution in [0.2, 0.25) is 0 Å². The molecule has 0 spiro atoms. The lowest BCUT2D eigenvalue weighted by Gasteiger charge is -2.21. The van der Waals surface area contributed by atoms with Crippen LogP contribution in [-0.4, -0.2) is 25.2 Å². The third-order valence-electron chi connectivity index (χ3n) is 2.90. The van der Waals surface area contributed by atoms with Crippen LogP contribution >= 0.6 is 0 Å². The van der Waals surface area contributed by atoms with Gasteiger partial charge in [0.15, 0.2) is 0 Å². The van der Waals surface area contributed by atoms with Gasteiger partial charge in [0, 0.05) is 6.54 Å². The highest BCUT2D eigenvalue weighted by molar-refractivity contribution is 5.95. The van der Waals surface area contributed by atoms with Gasteiger partial charge in [-0.1, -0.05) is 12.1 Å². The summed E-state index contributed by atoms with van der Waals surface area (Å²) < 4.78 is 5.29. The molecule has 1 aliphatic heterocycles. The second-order valence-corrected chi connectivity index (χ2v) is 4.78. The first-order valence-electron chi connectivity index (χ1n) is 6.44. The summed E-state index contributed by atoms with van der Waals surface area (Å²) in [6.07, 6.45) is 2.27. The number of hydrogen-bond donors (Lipinski definition) is 2. The van der Waals surface area contributed by atoms with Gasteiger partial charge in [-0.05, 0) is 38.3 Å². The molecule has 0 aromatic heterocycles. The molecule has 1 aliphatic rings. The number of benzene rings is 1. The number of ether oxygens (including phenoxy) is 1. The highest BCUT2D eigenvalue weighted by atomic mass is 16.5. The van der Waals surface area contributed by atoms with Gasteiger partial charge in [-0.3, -0.25) is 4.79 Å². The molecule has 0 bridgehead atoms. The van der Waals surface area contributed by atoms with Crippen LogP contribution in [0, 0.1) is 0 Å². The summed E-state index contributed by atoms with van der Waals surface area (Å²) in [7, 11) is 0. The number of anilines is 2. The molecule has 98 valence electrons. The lowest BCUT2D eigenvalue weighted by Crippen LogP contribution is -2.22. The fourth-order valence-corrected chi connectivity index (χ4v) is 2.04. The minimum Gasteiger partial charge on any atom is -0.383 e. The maximum atomic E-state index is 11.7. The standard InChI is InChI=1S/C14H20N2O2/c1-10(2)18-9-13(17)16-12-7-3-5-11-6-4-8-15-14(11)12/h3,5,7,10,15H,4,6,8-9H2,1-2H3,(H,16,17). The highest BCUT2D eigenvalue weighted by Crippen LogP contribution is 2.29. The van der Waals surface area contributed by atoms with Crippen molar-refractivity contribution in [3.8, 4) is 0 Å². The normalized spacial score (nSPS) is 13.9. The van der Waals surface area contributed by atoms with E-state index in [0.717, 1.165) is 30.8 Å². The van der Waals surface area contributed by atoms with Crippen molar-refractivity contribution < 1.29 is 9.53 Å². The average Bonchev–Trinajstić information content (AvgIpc) is 2.37. The molecule has 0 fully saturated rings. The average molecular weight is 248 g/mol. The predicted molar refractivity (Wildman–Crippen MR) is 73.0 cm³/mol. The topological polar surface area (TPSA) is 50.4 Å². The smallest absolute Gasteiger partial charge is 0.250 e. The van der Waals surface area contributed by atoms with Crippen molar-refractivity contribution in [2.75, 3.05) is 23.8 Å². The molecule has 0 saturated heterocycles. The van der Waals surface area contributed by atoms with Gasteiger partial charge in [0.1, 0.15) is 6.61 Å². The third-order valence-corrected chi connectivity index (χ3v) is 2.90. The zero-order valence-corrected chi connectivity index (χ0v) is 11.0. The molecular weight excluding hydrogens is 228 g/mol. The molecule has 0 radical (unpaired) electrons. The monoisotopic (exact) mass is 248 g/mol. The van der Waals surface area contributed by atoms with E-state index >= 15 is 0 Å². The van der Waals surface area contributed by atoms with Crippen LogP contribution in [0.3, 0.4) is 0 Å². The Morgan fingerprint density at radius 2 is 2.33 bits per heavy atom. The van der Waals surface area contributed by atoms with Crippen LogP contribution in [0.5, 0.6) is 0 Å². The Bertz CT molecular complexity index is 430. The molecule has 2 rings (SSSR count). The molecule has 1 aromatic carbocycles. The number of hydrogen-bond acceptors (Lipinski definition) is 3. The van der Waals surface area contributed by atoms with E-state index in [1.165, 1.54) is 5.56 Å². The van der Waals surface area contributed by atoms with E-state index in [2.05, 4.69) is 16.7 Å². The largest absolute Gasteiger partial charge is 0.383 e. The molecule has 4 heteroatoms. The zero-order valence-electron chi connectivity index (χ0n) is 11.0. The molecular formula is C14H20N2O2. The summed E-state index contributed by atoms with van der Waals surface area (Å²) in [5.74, 6) is -0.107. The summed E-state index contributed by atoms with van der Waals surface area (Å²) >= 11 is 0. The van der Waals surface area contributed by atoms with Crippen molar-refractivity contribution in [1.29, 1.82) is 0 Å². The van der Waals surface area contributed by atoms with Crippen LogP contribution in [0.4, 0.5) is 11.4 Å². The fourth-order valence-electron chi connectivity index (χ4n) is 2.04. The molecule has 4 nitrogen and oxygen atoms in total. The number of carbonyl (C=O) groups excluding carboxylic acids is 1. The number of fused-ring (bicyclic) bond motifs is 1. The summed E-state index contributed by atoms with van der Waals surface area (Å²) in [6, 6.07) is 6.00. The molecule has 1 aromatic rings. The summed E-state index contributed by atoms with van der Waals surface area (Å²) in [4.78, 5) is 11.7. The van der Waals surface area contributed by atoms with Gasteiger partial charge in [0.05, 0.1) is 17.5 Å². The minimum atomic E-state index is -0.107. The third kappa shape index (κ3) is 3.23. The molecule has 1 heterocycles. The Kier molecular flexibility index (Phi) is 4.20. The second kappa shape index (κ2) is 5.87. The van der Waals surface area contributed by atoms with Crippen LogP contribution in [0.25, 0.3) is 0 Å². The lowest BCUT2D eigenvalue weighted by molar-refractivity contribution is -0.121. The molecule has 0 saturated carbocycles. The van der Waals surface area contributed by atoms with E-state index in [1.54, 1.807) is 0 Å². The quantitative estimate of drug-likeness (QED) is 0.860. The Morgan fingerprint density at radius 1 is 1.50 bits per heavy atom. The maximum Gasteiger partial charge on any atom is 0.250 e. The van der Waals surface area contributed by atoms with Gasteiger partial charge in [-0.15, -0.1) is 0 Å². The molecule has 18 heavy (non-hydrogen) atoms. The zero-order chi connectivity index (χ0) is 13.0. The Balaban J connectivity index is 2.03. The summed E-state index contributed by atoms with van der Waals surface area (Å²) in [6.45, 7) is 4.89. The van der Waals surface area contributed by atoms with Crippen molar-refractivity contribution in [3.63, 3.8) is 0 Å². The predicted octanol–water partition coefficient (Wildman–Crippen LogP) is 2.41. The number of nitrogens with one attached hydrogen (secondary N) is 2. The van der Waals surface area contributed by atoms with E-state index in [-0.39, 0.29) is 18.6 Å². The van der Waals surface area contributed by atoms with E-state index in [9.17, 15) is 4.79 Å². The molecule has 2 N–H and O–H groups in total. The molecule has 0 unspecified atom stereocenters. The summed E-state index contributed by atoms with van der Waals surface area (Å²) in [5, 5.41) is 6.24. The van der Waals surface area contributed by atoms with Crippen molar-refractivity contribution in [3.05, 3.63) is 23.8 Å². The van der Waals surface area contributed by atoms with E-state index in [1.807, 2.05) is 26.0 Å². The van der Waals surface area contributed by atoms with Crippen molar-refractivity contribution in [2.45, 2.75) is 32.8 Å². The van der Waals surface area contributed by atoms with Crippen molar-refractivity contribution in [1.82, 2.24) is 0 Å². The van der Waals surface area contributed by atoms with Gasteiger partial charge in [-0.2, -0.15) is 0 Å². The van der Waals surface area contributed by atoms with Crippen LogP contribution in [0.15, 0.2) is 18.2 Å². The van der Waals surface area contributed by atoms with Gasteiger partial charge >= 0.3 is 0 Å². The summed E-state index contributed by atoms with van der Waals surface area (Å²) in [5.41, 5.74) is 3.18. The molecule has 0 aliphatic carbocycles. The molecule has 0 atom stereocenters. The first-order valence-corrected chi connectivity index (χ1v) is 6.44. The van der Waals surface area contributed by atoms with Crippen LogP contribution < -0.4 is 10.6 Å². The Labute approximate surface area is 108 Å². The lowest BCUT2D eigenvalue weighted by atomic mass is 10.0. The van der Waals surface area contributed by atoms with Crippen molar-refractivity contribution in [2.24, 2.45) is 0 Å². The minimum absolute atomic E-state index is 0.0681. The van der Waals surface area contributed by atoms with Gasteiger partial charge < -0.3 is 15.4 Å². The number of aryl methyl sites for hydroxylation is 1. The molecule has 1 amide bonds. The number of rotatable bonds is 4. The van der Waals surface area contributed by atoms with Gasteiger partial charge in [0.2, 0.25) is 5.91 Å².